The molecule has 2 N–H and O–H groups in total. The number of carbonyl (C=O) groups excluding carboxylic acids is 1. The Morgan fingerprint density at radius 3 is 2.41 bits per heavy atom. The van der Waals surface area contributed by atoms with Gasteiger partial charge in [0.05, 0.1) is 11.8 Å². The first-order valence-corrected chi connectivity index (χ1v) is 10.5. The van der Waals surface area contributed by atoms with Gasteiger partial charge in [-0.25, -0.2) is 10.2 Å². The molecule has 0 fully saturated rings. The van der Waals surface area contributed by atoms with Crippen LogP contribution in [0.2, 0.25) is 0 Å². The quantitative estimate of drug-likeness (QED) is 0.283. The minimum Gasteiger partial charge on any atom is -0.484 e. The number of nitrogens with one attached hydrogen (secondary N) is 1. The molecular weight excluding hydrogens is 432 g/mol. The highest BCUT2D eigenvalue weighted by atomic mass is 16.5. The molecule has 170 valence electrons. The van der Waals surface area contributed by atoms with Crippen molar-refractivity contribution in [3.05, 3.63) is 102 Å². The van der Waals surface area contributed by atoms with Gasteiger partial charge in [0.15, 0.2) is 6.61 Å². The highest BCUT2D eigenvalue weighted by Gasteiger charge is 2.10. The number of furan rings is 1. The first-order chi connectivity index (χ1) is 16.5. The second kappa shape index (κ2) is 10.3. The zero-order valence-electron chi connectivity index (χ0n) is 18.4. The van der Waals surface area contributed by atoms with Gasteiger partial charge >= 0.3 is 5.97 Å². The van der Waals surface area contributed by atoms with Gasteiger partial charge in [-0.05, 0) is 60.0 Å². The lowest BCUT2D eigenvalue weighted by atomic mass is 10.0. The van der Waals surface area contributed by atoms with Crippen LogP contribution in [0.25, 0.3) is 22.5 Å². The third-order valence-electron chi connectivity index (χ3n) is 5.08. The zero-order valence-corrected chi connectivity index (χ0v) is 18.4. The number of carbonyl (C=O) groups is 2. The van der Waals surface area contributed by atoms with Crippen LogP contribution in [-0.2, 0) is 4.79 Å². The first-order valence-electron chi connectivity index (χ1n) is 10.5. The molecule has 0 radical (unpaired) electrons. The van der Waals surface area contributed by atoms with E-state index in [1.165, 1.54) is 12.3 Å². The molecule has 0 atom stereocenters. The maximum Gasteiger partial charge on any atom is 0.335 e. The summed E-state index contributed by atoms with van der Waals surface area (Å²) in [5.74, 6) is 0.207. The second-order valence-electron chi connectivity index (χ2n) is 7.51. The van der Waals surface area contributed by atoms with Gasteiger partial charge in [-0.1, -0.05) is 48.5 Å². The summed E-state index contributed by atoms with van der Waals surface area (Å²) in [7, 11) is 0. The number of hydrogen-bond donors (Lipinski definition) is 2. The van der Waals surface area contributed by atoms with E-state index in [2.05, 4.69) is 10.5 Å². The van der Waals surface area contributed by atoms with E-state index in [0.717, 1.165) is 22.3 Å². The van der Waals surface area contributed by atoms with Crippen LogP contribution in [0.3, 0.4) is 0 Å². The van der Waals surface area contributed by atoms with Crippen molar-refractivity contribution in [3.63, 3.8) is 0 Å². The Labute approximate surface area is 196 Å². The predicted octanol–water partition coefficient (Wildman–Crippen LogP) is 5.15. The Balaban J connectivity index is 1.28. The Bertz CT molecular complexity index is 1320. The summed E-state index contributed by atoms with van der Waals surface area (Å²) in [5.41, 5.74) is 6.34. The van der Waals surface area contributed by atoms with Gasteiger partial charge in [-0.2, -0.15) is 5.10 Å². The van der Waals surface area contributed by atoms with Gasteiger partial charge in [-0.15, -0.1) is 0 Å². The lowest BCUT2D eigenvalue weighted by Crippen LogP contribution is -2.24. The fourth-order valence-corrected chi connectivity index (χ4v) is 3.36. The number of hydrazone groups is 1. The minimum absolute atomic E-state index is 0.180. The summed E-state index contributed by atoms with van der Waals surface area (Å²) in [6.07, 6.45) is 1.39. The maximum absolute atomic E-state index is 12.0. The molecule has 1 aromatic heterocycles. The lowest BCUT2D eigenvalue weighted by Gasteiger charge is -2.06. The molecule has 0 unspecified atom stereocenters. The van der Waals surface area contributed by atoms with E-state index < -0.39 is 11.9 Å². The Morgan fingerprint density at radius 2 is 1.71 bits per heavy atom. The highest BCUT2D eigenvalue weighted by Crippen LogP contribution is 2.26. The molecule has 0 aliphatic rings. The molecule has 0 saturated carbocycles. The third kappa shape index (κ3) is 5.58. The monoisotopic (exact) mass is 454 g/mol. The van der Waals surface area contributed by atoms with Crippen molar-refractivity contribution in [2.24, 2.45) is 5.10 Å². The van der Waals surface area contributed by atoms with Crippen molar-refractivity contribution in [2.75, 3.05) is 6.61 Å². The van der Waals surface area contributed by atoms with E-state index in [0.29, 0.717) is 17.3 Å². The highest BCUT2D eigenvalue weighted by molar-refractivity contribution is 5.89. The van der Waals surface area contributed by atoms with Gasteiger partial charge in [0.25, 0.3) is 5.91 Å². The average molecular weight is 454 g/mol. The number of carboxylic acids is 1. The van der Waals surface area contributed by atoms with Gasteiger partial charge in [-0.3, -0.25) is 4.79 Å². The van der Waals surface area contributed by atoms with Crippen molar-refractivity contribution < 1.29 is 23.8 Å². The molecule has 3 aromatic carbocycles. The first kappa shape index (κ1) is 22.5. The molecule has 34 heavy (non-hydrogen) atoms. The summed E-state index contributed by atoms with van der Waals surface area (Å²) >= 11 is 0. The molecule has 0 saturated heterocycles. The van der Waals surface area contributed by atoms with Crippen LogP contribution in [0.1, 0.15) is 21.7 Å². The van der Waals surface area contributed by atoms with Crippen LogP contribution < -0.4 is 10.2 Å². The number of carboxylic acid groups (broad SMARTS) is 1. The van der Waals surface area contributed by atoms with Crippen molar-refractivity contribution in [3.8, 4) is 28.2 Å². The molecular formula is C27H22N2O5. The van der Waals surface area contributed by atoms with E-state index in [1.807, 2.05) is 61.5 Å². The van der Waals surface area contributed by atoms with Crippen LogP contribution in [0.15, 0.2) is 94.4 Å². The number of hydrogen-bond acceptors (Lipinski definition) is 5. The Hall–Kier alpha value is -4.65. The fourth-order valence-electron chi connectivity index (χ4n) is 3.36. The maximum atomic E-state index is 12.0. The van der Waals surface area contributed by atoms with Crippen molar-refractivity contribution >= 4 is 18.1 Å². The van der Waals surface area contributed by atoms with E-state index in [4.69, 9.17) is 14.3 Å². The van der Waals surface area contributed by atoms with Crippen LogP contribution in [0, 0.1) is 6.92 Å². The van der Waals surface area contributed by atoms with Crippen LogP contribution >= 0.6 is 0 Å². The molecule has 1 heterocycles. The number of aryl methyl sites for hydroxylation is 1. The van der Waals surface area contributed by atoms with Crippen LogP contribution in [-0.4, -0.2) is 29.8 Å². The summed E-state index contributed by atoms with van der Waals surface area (Å²) in [5, 5.41) is 13.0. The SMILES string of the molecule is Cc1cc(C(=O)O)ccc1-c1ccc(/C=N/NC(=O)COc2ccc(-c3ccccc3)cc2)o1. The molecule has 4 rings (SSSR count). The molecule has 0 aliphatic carbocycles. The van der Waals surface area contributed by atoms with Gasteiger partial charge in [0.2, 0.25) is 0 Å². The standard InChI is InChI=1S/C27H22N2O5/c1-18-15-21(27(31)32)9-13-24(18)25-14-12-23(34-25)16-28-29-26(30)17-33-22-10-7-20(8-11-22)19-5-3-2-4-6-19/h2-16H,17H2,1H3,(H,29,30)(H,31,32)/b28-16+. The Kier molecular flexibility index (Phi) is 6.84. The van der Waals surface area contributed by atoms with Gasteiger partial charge < -0.3 is 14.3 Å². The number of rotatable bonds is 8. The number of aromatic carboxylic acids is 1. The second-order valence-corrected chi connectivity index (χ2v) is 7.51. The molecule has 0 spiro atoms. The minimum atomic E-state index is -0.981. The van der Waals surface area contributed by atoms with Crippen molar-refractivity contribution in [2.45, 2.75) is 6.92 Å². The smallest absolute Gasteiger partial charge is 0.335 e. The molecule has 0 bridgehead atoms. The van der Waals surface area contributed by atoms with Gasteiger partial charge in [0.1, 0.15) is 17.3 Å². The largest absolute Gasteiger partial charge is 0.484 e. The summed E-state index contributed by atoms with van der Waals surface area (Å²) < 4.78 is 11.2. The number of ether oxygens (including phenoxy) is 1. The molecule has 7 heteroatoms. The lowest BCUT2D eigenvalue weighted by molar-refractivity contribution is -0.123. The molecule has 4 aromatic rings. The average Bonchev–Trinajstić information content (AvgIpc) is 3.32. The molecule has 0 aliphatic heterocycles. The predicted molar refractivity (Wildman–Crippen MR) is 129 cm³/mol. The normalized spacial score (nSPS) is 10.9. The molecule has 7 nitrogen and oxygen atoms in total. The van der Waals surface area contributed by atoms with Crippen LogP contribution in [0.4, 0.5) is 0 Å². The summed E-state index contributed by atoms with van der Waals surface area (Å²) in [6, 6.07) is 25.8. The van der Waals surface area contributed by atoms with Crippen LogP contribution in [0.5, 0.6) is 5.75 Å². The van der Waals surface area contributed by atoms with Crippen molar-refractivity contribution in [1.82, 2.24) is 5.43 Å². The number of nitrogens with zero attached hydrogens (tertiary/aromatic N) is 1. The number of benzene rings is 3. The zero-order chi connectivity index (χ0) is 23.9. The number of amides is 1. The summed E-state index contributed by atoms with van der Waals surface area (Å²) in [6.45, 7) is 1.63. The topological polar surface area (TPSA) is 101 Å². The fraction of sp³-hybridized carbons (Fsp3) is 0.0741. The third-order valence-corrected chi connectivity index (χ3v) is 5.08. The van der Waals surface area contributed by atoms with E-state index in [1.54, 1.807) is 24.3 Å². The Morgan fingerprint density at radius 1 is 0.971 bits per heavy atom. The van der Waals surface area contributed by atoms with E-state index in [9.17, 15) is 9.59 Å². The molecule has 1 amide bonds. The van der Waals surface area contributed by atoms with E-state index in [-0.39, 0.29) is 12.2 Å². The van der Waals surface area contributed by atoms with Crippen molar-refractivity contribution in [1.29, 1.82) is 0 Å². The summed E-state index contributed by atoms with van der Waals surface area (Å²) in [4.78, 5) is 23.1. The van der Waals surface area contributed by atoms with E-state index >= 15 is 0 Å². The van der Waals surface area contributed by atoms with Gasteiger partial charge in [0, 0.05) is 5.56 Å².